The molecule has 0 saturated heterocycles. The van der Waals surface area contributed by atoms with Crippen molar-refractivity contribution in [3.05, 3.63) is 23.9 Å². The van der Waals surface area contributed by atoms with Gasteiger partial charge < -0.3 is 5.32 Å². The predicted molar refractivity (Wildman–Crippen MR) is 72.1 cm³/mol. The summed E-state index contributed by atoms with van der Waals surface area (Å²) in [5.41, 5.74) is 1.19. The lowest BCUT2D eigenvalue weighted by Crippen LogP contribution is -2.11. The Hall–Kier alpha value is -0.670. The zero-order valence-electron chi connectivity index (χ0n) is 10.2. The van der Waals surface area contributed by atoms with Crippen molar-refractivity contribution in [3.8, 4) is 0 Å². The second-order valence-electron chi connectivity index (χ2n) is 3.33. The van der Waals surface area contributed by atoms with Gasteiger partial charge in [-0.25, -0.2) is 0 Å². The van der Waals surface area contributed by atoms with Crippen LogP contribution in [-0.2, 0) is 0 Å². The normalized spacial score (nSPS) is 18.4. The van der Waals surface area contributed by atoms with E-state index in [1.165, 1.54) is 5.70 Å². The third kappa shape index (κ3) is 7.28. The molecule has 2 heterocycles. The first-order chi connectivity index (χ1) is 7.18. The summed E-state index contributed by atoms with van der Waals surface area (Å²) in [5.74, 6) is 0. The maximum Gasteiger partial charge on any atom is 0.0833 e. The van der Waals surface area contributed by atoms with Crippen molar-refractivity contribution in [2.75, 3.05) is 20.1 Å². The molecule has 2 rings (SSSR count). The van der Waals surface area contributed by atoms with Gasteiger partial charge in [-0.1, -0.05) is 44.3 Å². The molecule has 2 aliphatic rings. The van der Waals surface area contributed by atoms with E-state index in [1.807, 2.05) is 20.8 Å². The van der Waals surface area contributed by atoms with E-state index < -0.39 is 0 Å². The third-order valence-electron chi connectivity index (χ3n) is 1.93. The minimum atomic E-state index is 0.932. The van der Waals surface area contributed by atoms with Crippen molar-refractivity contribution in [2.24, 2.45) is 0 Å². The fraction of sp³-hybridized carbons (Fsp3) is 0.583. The highest BCUT2D eigenvalue weighted by Gasteiger charge is 2.00. The van der Waals surface area contributed by atoms with Crippen LogP contribution >= 0.6 is 12.2 Å². The molecule has 0 aromatic carbocycles. The molecule has 0 atom stereocenters. The molecule has 0 unspecified atom stereocenters. The van der Waals surface area contributed by atoms with Crippen LogP contribution in [0.2, 0.25) is 0 Å². The van der Waals surface area contributed by atoms with Gasteiger partial charge in [0.1, 0.15) is 0 Å². The number of nitrogens with zero attached hydrogens (tertiary/aromatic N) is 1. The summed E-state index contributed by atoms with van der Waals surface area (Å²) in [6, 6.07) is 0. The lowest BCUT2D eigenvalue weighted by molar-refractivity contribution is 0.435. The largest absolute Gasteiger partial charge is 0.354 e. The number of allylic oxidation sites excluding steroid dienone is 1. The highest BCUT2D eigenvalue weighted by atomic mass is 32.1. The highest BCUT2D eigenvalue weighted by Crippen LogP contribution is 2.01. The molecule has 0 spiro atoms. The number of rotatable bonds is 0. The van der Waals surface area contributed by atoms with Crippen LogP contribution in [0.4, 0.5) is 0 Å². The number of likely N-dealkylation sites (N-methyl/N-ethyl adjacent to an activating group) is 1. The van der Waals surface area contributed by atoms with Crippen molar-refractivity contribution in [3.63, 3.8) is 0 Å². The summed E-state index contributed by atoms with van der Waals surface area (Å²) in [4.78, 5) is 3.19. The minimum absolute atomic E-state index is 0.932. The van der Waals surface area contributed by atoms with E-state index in [0.717, 1.165) is 24.5 Å². The van der Waals surface area contributed by atoms with E-state index in [-0.39, 0.29) is 0 Å². The molecule has 1 N–H and O–H groups in total. The number of hydrogen-bond donors (Lipinski definition) is 1. The van der Waals surface area contributed by atoms with Gasteiger partial charge in [0, 0.05) is 25.2 Å². The van der Waals surface area contributed by atoms with Gasteiger partial charge in [-0.05, 0) is 14.0 Å². The van der Waals surface area contributed by atoms with Crippen LogP contribution in [0.1, 0.15) is 27.2 Å². The van der Waals surface area contributed by atoms with Crippen LogP contribution in [0.5, 0.6) is 0 Å². The predicted octanol–water partition coefficient (Wildman–Crippen LogP) is 2.73. The molecular formula is C12H22N2S. The van der Waals surface area contributed by atoms with Gasteiger partial charge >= 0.3 is 0 Å². The summed E-state index contributed by atoms with van der Waals surface area (Å²) in [6.45, 7) is 8.29. The molecule has 0 aromatic heterocycles. The van der Waals surface area contributed by atoms with Crippen molar-refractivity contribution in [2.45, 2.75) is 27.2 Å². The van der Waals surface area contributed by atoms with Gasteiger partial charge in [-0.15, -0.1) is 0 Å². The summed E-state index contributed by atoms with van der Waals surface area (Å²) in [7, 11) is 2.11. The molecule has 3 heteroatoms. The zero-order chi connectivity index (χ0) is 11.7. The van der Waals surface area contributed by atoms with Gasteiger partial charge in [0.05, 0.1) is 4.99 Å². The first kappa shape index (κ1) is 14.3. The van der Waals surface area contributed by atoms with Crippen LogP contribution in [0.3, 0.4) is 0 Å². The molecular weight excluding hydrogens is 204 g/mol. The molecule has 0 bridgehead atoms. The minimum Gasteiger partial charge on any atom is -0.354 e. The lowest BCUT2D eigenvalue weighted by atomic mass is 10.4. The van der Waals surface area contributed by atoms with E-state index in [0.29, 0.717) is 0 Å². The molecule has 0 saturated carbocycles. The average Bonchev–Trinajstić information content (AvgIpc) is 2.82. The van der Waals surface area contributed by atoms with E-state index >= 15 is 0 Å². The Labute approximate surface area is 99.0 Å². The second kappa shape index (κ2) is 8.62. The maximum atomic E-state index is 4.83. The second-order valence-corrected chi connectivity index (χ2v) is 3.82. The monoisotopic (exact) mass is 226 g/mol. The van der Waals surface area contributed by atoms with Crippen LogP contribution in [0.25, 0.3) is 0 Å². The van der Waals surface area contributed by atoms with Gasteiger partial charge in [0.15, 0.2) is 0 Å². The van der Waals surface area contributed by atoms with Crippen LogP contribution in [0.15, 0.2) is 23.9 Å². The van der Waals surface area contributed by atoms with Gasteiger partial charge in [-0.3, -0.25) is 4.90 Å². The molecule has 0 fully saturated rings. The average molecular weight is 226 g/mol. The zero-order valence-corrected chi connectivity index (χ0v) is 11.0. The number of thiocarbonyl (C=S) groups is 1. The van der Waals surface area contributed by atoms with E-state index in [4.69, 9.17) is 12.2 Å². The van der Waals surface area contributed by atoms with Gasteiger partial charge in [0.2, 0.25) is 0 Å². The summed E-state index contributed by atoms with van der Waals surface area (Å²) in [6.07, 6.45) is 7.38. The van der Waals surface area contributed by atoms with Crippen LogP contribution in [-0.4, -0.2) is 30.0 Å². The SMILES string of the molecule is CC.CC1=CCC(=S)N1.CN1CC=CC1. The molecule has 0 radical (unpaired) electrons. The molecule has 0 aromatic rings. The third-order valence-corrected chi connectivity index (χ3v) is 2.20. The fourth-order valence-corrected chi connectivity index (χ4v) is 1.40. The Morgan fingerprint density at radius 3 is 1.93 bits per heavy atom. The highest BCUT2D eigenvalue weighted by molar-refractivity contribution is 7.80. The Morgan fingerprint density at radius 1 is 1.27 bits per heavy atom. The first-order valence-electron chi connectivity index (χ1n) is 5.48. The Balaban J connectivity index is 0.000000227. The summed E-state index contributed by atoms with van der Waals surface area (Å²) in [5, 5.41) is 3.01. The van der Waals surface area contributed by atoms with E-state index in [1.54, 1.807) is 0 Å². The topological polar surface area (TPSA) is 15.3 Å². The standard InChI is InChI=1S/C5H7NS.C5H9N.C2H6/c1-4-2-3-5(7)6-4;1-6-4-2-3-5-6;1-2/h2H,3H2,1H3,(H,6,7);2-3H,4-5H2,1H3;1-2H3. The molecule has 15 heavy (non-hydrogen) atoms. The van der Waals surface area contributed by atoms with E-state index in [9.17, 15) is 0 Å². The van der Waals surface area contributed by atoms with Crippen molar-refractivity contribution < 1.29 is 0 Å². The quantitative estimate of drug-likeness (QED) is 0.505. The summed E-state index contributed by atoms with van der Waals surface area (Å²) < 4.78 is 0. The van der Waals surface area contributed by atoms with E-state index in [2.05, 4.69) is 35.5 Å². The van der Waals surface area contributed by atoms with Crippen molar-refractivity contribution >= 4 is 17.2 Å². The fourth-order valence-electron chi connectivity index (χ4n) is 1.15. The Bertz CT molecular complexity index is 236. The van der Waals surface area contributed by atoms with Crippen LogP contribution < -0.4 is 5.32 Å². The first-order valence-corrected chi connectivity index (χ1v) is 5.89. The molecule has 0 aliphatic carbocycles. The number of nitrogens with one attached hydrogen (secondary N) is 1. The molecule has 2 nitrogen and oxygen atoms in total. The van der Waals surface area contributed by atoms with Crippen molar-refractivity contribution in [1.82, 2.24) is 10.2 Å². The lowest BCUT2D eigenvalue weighted by Gasteiger charge is -2.01. The number of hydrogen-bond acceptors (Lipinski definition) is 2. The maximum absolute atomic E-state index is 4.83. The smallest absolute Gasteiger partial charge is 0.0833 e. The summed E-state index contributed by atoms with van der Waals surface area (Å²) >= 11 is 4.83. The Morgan fingerprint density at radius 2 is 1.80 bits per heavy atom. The van der Waals surface area contributed by atoms with Crippen molar-refractivity contribution in [1.29, 1.82) is 0 Å². The molecule has 2 aliphatic heterocycles. The van der Waals surface area contributed by atoms with Crippen LogP contribution in [0, 0.1) is 0 Å². The van der Waals surface area contributed by atoms with Gasteiger partial charge in [-0.2, -0.15) is 0 Å². The molecule has 0 amide bonds. The molecule has 86 valence electrons. The van der Waals surface area contributed by atoms with Gasteiger partial charge in [0.25, 0.3) is 0 Å². The Kier molecular flexibility index (Phi) is 8.24.